The van der Waals surface area contributed by atoms with Gasteiger partial charge in [-0.1, -0.05) is 147 Å². The lowest BCUT2D eigenvalue weighted by atomic mass is 9.36. The molecule has 0 atom stereocenters. The van der Waals surface area contributed by atoms with Crippen LogP contribution in [0.25, 0.3) is 30.3 Å². The van der Waals surface area contributed by atoms with Gasteiger partial charge >= 0.3 is 0 Å². The van der Waals surface area contributed by atoms with Gasteiger partial charge in [-0.3, -0.25) is 0 Å². The standard InChI is InChI=1S/C63H58BN3S2/c1-39-35-53-57-54(36-39)67(51-21-16-20-48-47-19-14-15-22-55(47)68-59(48)51)52-38-46(65(44-28-23-40(24-29-44)61(2,3)4)45-30-25-41(26-31-45)62(5,6)7)32-33-50(52)64(57)60-58(66(53)43-17-12-11-13-18-43)49-37-42(63(8,9)10)27-34-56(49)69-60/h11-38H,1-10H3. The Bertz CT molecular complexity index is 3580. The van der Waals surface area contributed by atoms with Crippen LogP contribution in [0.3, 0.4) is 0 Å². The van der Waals surface area contributed by atoms with Crippen molar-refractivity contribution in [1.29, 1.82) is 0 Å². The molecule has 2 aliphatic heterocycles. The maximum Gasteiger partial charge on any atom is 0.264 e. The second-order valence-electron chi connectivity index (χ2n) is 22.4. The van der Waals surface area contributed by atoms with E-state index in [0.717, 1.165) is 17.1 Å². The zero-order valence-corrected chi connectivity index (χ0v) is 43.0. The molecule has 0 spiro atoms. The molecule has 340 valence electrons. The fourth-order valence-corrected chi connectivity index (χ4v) is 13.4. The largest absolute Gasteiger partial charge is 0.310 e. The van der Waals surface area contributed by atoms with Crippen molar-refractivity contribution in [3.8, 4) is 0 Å². The fraction of sp³-hybridized carbons (Fsp3) is 0.206. The maximum atomic E-state index is 2.63. The minimum atomic E-state index is 0.00484. The number of aryl methyl sites for hydroxylation is 1. The van der Waals surface area contributed by atoms with E-state index >= 15 is 0 Å². The summed E-state index contributed by atoms with van der Waals surface area (Å²) in [6.07, 6.45) is 0. The number of nitrogens with zero attached hydrogens (tertiary/aromatic N) is 3. The highest BCUT2D eigenvalue weighted by Crippen LogP contribution is 2.52. The van der Waals surface area contributed by atoms with Crippen molar-refractivity contribution < 1.29 is 0 Å². The lowest BCUT2D eigenvalue weighted by molar-refractivity contribution is 0.590. The molecular weight excluding hydrogens is 874 g/mol. The first-order valence-electron chi connectivity index (χ1n) is 24.5. The Hall–Kier alpha value is -6.60. The Morgan fingerprint density at radius 3 is 1.65 bits per heavy atom. The van der Waals surface area contributed by atoms with E-state index < -0.39 is 0 Å². The first kappa shape index (κ1) is 43.7. The molecule has 3 nitrogen and oxygen atoms in total. The van der Waals surface area contributed by atoms with Gasteiger partial charge in [0.15, 0.2) is 0 Å². The predicted octanol–water partition coefficient (Wildman–Crippen LogP) is 17.0. The Balaban J connectivity index is 1.17. The molecule has 0 amide bonds. The molecule has 0 saturated carbocycles. The molecule has 4 heterocycles. The molecule has 12 rings (SSSR count). The molecule has 0 aliphatic carbocycles. The molecule has 0 radical (unpaired) electrons. The van der Waals surface area contributed by atoms with Crippen molar-refractivity contribution in [2.75, 3.05) is 14.7 Å². The molecule has 0 saturated heterocycles. The van der Waals surface area contributed by atoms with Crippen LogP contribution in [0.1, 0.15) is 84.6 Å². The minimum Gasteiger partial charge on any atom is -0.310 e. The number of thiophene rings is 2. The minimum absolute atomic E-state index is 0.00484. The summed E-state index contributed by atoms with van der Waals surface area (Å²) < 4.78 is 5.31. The van der Waals surface area contributed by atoms with Gasteiger partial charge in [0.1, 0.15) is 0 Å². The number of hydrogen-bond acceptors (Lipinski definition) is 5. The SMILES string of the molecule is Cc1cc2c3c(c1)N(c1cccc4c1sc1ccccc14)c1cc(N(c4ccc(C(C)(C)C)cc4)c4ccc(C(C)(C)C)cc4)ccc1B3c1sc3ccc(C(C)(C)C)cc3c1N2c1ccccc1. The summed E-state index contributed by atoms with van der Waals surface area (Å²) in [5.41, 5.74) is 18.7. The van der Waals surface area contributed by atoms with E-state index in [0.29, 0.717) is 0 Å². The van der Waals surface area contributed by atoms with Gasteiger partial charge in [0.05, 0.1) is 16.1 Å². The first-order valence-corrected chi connectivity index (χ1v) is 26.1. The summed E-state index contributed by atoms with van der Waals surface area (Å²) in [4.78, 5) is 7.68. The molecule has 2 aromatic heterocycles. The zero-order chi connectivity index (χ0) is 47.7. The Kier molecular flexibility index (Phi) is 9.95. The van der Waals surface area contributed by atoms with Crippen molar-refractivity contribution in [1.82, 2.24) is 0 Å². The van der Waals surface area contributed by atoms with Crippen LogP contribution in [0.5, 0.6) is 0 Å². The summed E-state index contributed by atoms with van der Waals surface area (Å²) in [5, 5.41) is 3.92. The Morgan fingerprint density at radius 2 is 1.00 bits per heavy atom. The molecule has 10 aromatic rings. The van der Waals surface area contributed by atoms with Gasteiger partial charge in [0, 0.05) is 70.1 Å². The van der Waals surface area contributed by atoms with E-state index in [2.05, 4.69) is 254 Å². The zero-order valence-electron chi connectivity index (χ0n) is 41.4. The molecule has 8 aromatic carbocycles. The number of fused-ring (bicyclic) bond motifs is 9. The molecule has 0 unspecified atom stereocenters. The molecule has 69 heavy (non-hydrogen) atoms. The van der Waals surface area contributed by atoms with Gasteiger partial charge in [0.25, 0.3) is 6.71 Å². The highest BCUT2D eigenvalue weighted by molar-refractivity contribution is 7.33. The van der Waals surface area contributed by atoms with Crippen LogP contribution >= 0.6 is 22.7 Å². The topological polar surface area (TPSA) is 9.72 Å². The summed E-state index contributed by atoms with van der Waals surface area (Å²) in [7, 11) is 0. The molecular formula is C63H58BN3S2. The quantitative estimate of drug-likeness (QED) is 0.159. The van der Waals surface area contributed by atoms with Gasteiger partial charge in [0.2, 0.25) is 0 Å². The van der Waals surface area contributed by atoms with Crippen LogP contribution in [0.2, 0.25) is 0 Å². The van der Waals surface area contributed by atoms with Crippen molar-refractivity contribution in [3.05, 3.63) is 192 Å². The maximum absolute atomic E-state index is 2.63. The predicted molar refractivity (Wildman–Crippen MR) is 304 cm³/mol. The van der Waals surface area contributed by atoms with E-state index in [1.54, 1.807) is 0 Å². The third-order valence-electron chi connectivity index (χ3n) is 14.5. The van der Waals surface area contributed by atoms with Crippen molar-refractivity contribution in [2.45, 2.75) is 85.5 Å². The number of para-hydroxylation sites is 1. The van der Waals surface area contributed by atoms with Gasteiger partial charge in [-0.15, -0.1) is 22.7 Å². The number of anilines is 9. The van der Waals surface area contributed by atoms with Crippen LogP contribution in [0.15, 0.2) is 170 Å². The lowest BCUT2D eigenvalue weighted by Crippen LogP contribution is -2.60. The third-order valence-corrected chi connectivity index (χ3v) is 17.0. The van der Waals surface area contributed by atoms with E-state index in [1.807, 2.05) is 22.7 Å². The normalized spacial score (nSPS) is 13.6. The highest BCUT2D eigenvalue weighted by atomic mass is 32.1. The monoisotopic (exact) mass is 931 g/mol. The van der Waals surface area contributed by atoms with Crippen LogP contribution in [-0.2, 0) is 16.2 Å². The van der Waals surface area contributed by atoms with Crippen LogP contribution < -0.4 is 30.4 Å². The summed E-state index contributed by atoms with van der Waals surface area (Å²) in [6.45, 7) is 23.0. The smallest absolute Gasteiger partial charge is 0.264 e. The molecule has 0 N–H and O–H groups in total. The first-order chi connectivity index (χ1) is 33.0. The number of hydrogen-bond donors (Lipinski definition) is 0. The van der Waals surface area contributed by atoms with Crippen LogP contribution in [-0.4, -0.2) is 6.71 Å². The molecule has 2 aliphatic rings. The van der Waals surface area contributed by atoms with Gasteiger partial charge in [-0.05, 0) is 141 Å². The third kappa shape index (κ3) is 7.12. The average Bonchev–Trinajstić information content (AvgIpc) is 3.90. The second kappa shape index (κ2) is 15.7. The second-order valence-corrected chi connectivity index (χ2v) is 24.5. The van der Waals surface area contributed by atoms with Crippen molar-refractivity contribution in [3.63, 3.8) is 0 Å². The number of benzene rings is 8. The summed E-state index contributed by atoms with van der Waals surface area (Å²) >= 11 is 3.87. The van der Waals surface area contributed by atoms with Gasteiger partial charge < -0.3 is 14.7 Å². The van der Waals surface area contributed by atoms with Crippen molar-refractivity contribution >= 4 is 127 Å². The lowest BCUT2D eigenvalue weighted by Gasteiger charge is -2.44. The Labute approximate surface area is 416 Å². The van der Waals surface area contributed by atoms with E-state index in [4.69, 9.17) is 0 Å². The Morgan fingerprint density at radius 1 is 0.435 bits per heavy atom. The number of rotatable bonds is 5. The van der Waals surface area contributed by atoms with Crippen molar-refractivity contribution in [2.24, 2.45) is 0 Å². The average molecular weight is 932 g/mol. The summed E-state index contributed by atoms with van der Waals surface area (Å²) in [5.74, 6) is 0. The van der Waals surface area contributed by atoms with Gasteiger partial charge in [-0.25, -0.2) is 0 Å². The van der Waals surface area contributed by atoms with E-state index in [1.165, 1.54) is 102 Å². The molecule has 0 fully saturated rings. The highest BCUT2D eigenvalue weighted by Gasteiger charge is 2.46. The molecule has 6 heteroatoms. The van der Waals surface area contributed by atoms with Crippen LogP contribution in [0, 0.1) is 6.92 Å². The van der Waals surface area contributed by atoms with E-state index in [-0.39, 0.29) is 23.0 Å². The van der Waals surface area contributed by atoms with E-state index in [9.17, 15) is 0 Å². The summed E-state index contributed by atoms with van der Waals surface area (Å²) in [6, 6.07) is 64.9. The fourth-order valence-electron chi connectivity index (χ4n) is 10.9. The van der Waals surface area contributed by atoms with Gasteiger partial charge in [-0.2, -0.15) is 0 Å². The molecule has 0 bridgehead atoms. The van der Waals surface area contributed by atoms with Crippen LogP contribution in [0.4, 0.5) is 51.2 Å².